The lowest BCUT2D eigenvalue weighted by Crippen LogP contribution is -2.05. The van der Waals surface area contributed by atoms with Crippen LogP contribution in [-0.2, 0) is 6.42 Å². The summed E-state index contributed by atoms with van der Waals surface area (Å²) in [5, 5.41) is 9.26. The third kappa shape index (κ3) is 2.16. The molecule has 0 spiro atoms. The van der Waals surface area contributed by atoms with Crippen LogP contribution in [0.3, 0.4) is 0 Å². The van der Waals surface area contributed by atoms with E-state index in [0.717, 1.165) is 24.8 Å². The molecule has 4 nitrogen and oxygen atoms in total. The second-order valence-electron chi connectivity index (χ2n) is 4.25. The largest absolute Gasteiger partial charge is 0.477 e. The molecule has 0 saturated carbocycles. The number of aromatic nitrogens is 2. The van der Waals surface area contributed by atoms with Crippen LogP contribution in [0.5, 0.6) is 0 Å². The maximum Gasteiger partial charge on any atom is 0.354 e. The van der Waals surface area contributed by atoms with Gasteiger partial charge in [-0.3, -0.25) is 4.40 Å². The van der Waals surface area contributed by atoms with Gasteiger partial charge >= 0.3 is 5.97 Å². The Morgan fingerprint density at radius 1 is 1.53 bits per heavy atom. The fourth-order valence-electron chi connectivity index (χ4n) is 1.94. The van der Waals surface area contributed by atoms with E-state index in [0.29, 0.717) is 17.0 Å². The molecule has 0 aliphatic rings. The highest BCUT2D eigenvalue weighted by atomic mass is 16.4. The smallest absolute Gasteiger partial charge is 0.354 e. The lowest BCUT2D eigenvalue weighted by atomic mass is 10.2. The van der Waals surface area contributed by atoms with Crippen molar-refractivity contribution >= 4 is 11.6 Å². The number of hydrogen-bond acceptors (Lipinski definition) is 2. The Morgan fingerprint density at radius 2 is 2.29 bits per heavy atom. The van der Waals surface area contributed by atoms with Crippen LogP contribution >= 0.6 is 0 Å². The first-order chi connectivity index (χ1) is 8.13. The molecule has 0 radical (unpaired) electrons. The number of hydrogen-bond donors (Lipinski definition) is 1. The van der Waals surface area contributed by atoms with Gasteiger partial charge in [0.15, 0.2) is 5.69 Å². The Labute approximate surface area is 99.9 Å². The number of aromatic carboxylic acids is 1. The molecule has 0 saturated heterocycles. The Bertz CT molecular complexity index is 558. The number of imidazole rings is 1. The second kappa shape index (κ2) is 4.57. The zero-order chi connectivity index (χ0) is 12.4. The molecule has 2 aromatic heterocycles. The molecule has 17 heavy (non-hydrogen) atoms. The summed E-state index contributed by atoms with van der Waals surface area (Å²) in [4.78, 5) is 15.7. The van der Waals surface area contributed by atoms with E-state index in [2.05, 4.69) is 11.9 Å². The van der Waals surface area contributed by atoms with E-state index in [-0.39, 0.29) is 0 Å². The van der Waals surface area contributed by atoms with Crippen molar-refractivity contribution in [2.75, 3.05) is 0 Å². The Hall–Kier alpha value is -1.84. The predicted molar refractivity (Wildman–Crippen MR) is 65.5 cm³/mol. The van der Waals surface area contributed by atoms with Gasteiger partial charge in [-0.05, 0) is 37.5 Å². The summed E-state index contributed by atoms with van der Waals surface area (Å²) >= 11 is 0. The topological polar surface area (TPSA) is 54.6 Å². The molecule has 0 atom stereocenters. The van der Waals surface area contributed by atoms with Crippen LogP contribution in [0, 0.1) is 6.92 Å². The Kier molecular flexibility index (Phi) is 3.13. The Morgan fingerprint density at radius 3 is 2.94 bits per heavy atom. The number of carbonyl (C=O) groups is 1. The monoisotopic (exact) mass is 232 g/mol. The third-order valence-corrected chi connectivity index (χ3v) is 2.82. The number of pyridine rings is 1. The van der Waals surface area contributed by atoms with Gasteiger partial charge in [0.05, 0.1) is 5.69 Å². The third-order valence-electron chi connectivity index (χ3n) is 2.82. The van der Waals surface area contributed by atoms with Crippen molar-refractivity contribution in [3.63, 3.8) is 0 Å². The van der Waals surface area contributed by atoms with Crippen molar-refractivity contribution in [1.82, 2.24) is 9.38 Å². The quantitative estimate of drug-likeness (QED) is 0.881. The minimum absolute atomic E-state index is 0.299. The summed E-state index contributed by atoms with van der Waals surface area (Å²) in [6.45, 7) is 4.06. The van der Waals surface area contributed by atoms with Gasteiger partial charge in [-0.2, -0.15) is 0 Å². The lowest BCUT2D eigenvalue weighted by Gasteiger charge is -1.99. The van der Waals surface area contributed by atoms with Crippen molar-refractivity contribution in [2.24, 2.45) is 0 Å². The molecule has 2 heterocycles. The van der Waals surface area contributed by atoms with Crippen molar-refractivity contribution in [3.8, 4) is 0 Å². The van der Waals surface area contributed by atoms with Crippen LogP contribution in [0.25, 0.3) is 5.65 Å². The zero-order valence-corrected chi connectivity index (χ0v) is 10.1. The van der Waals surface area contributed by atoms with Crippen LogP contribution < -0.4 is 0 Å². The van der Waals surface area contributed by atoms with Crippen LogP contribution in [0.4, 0.5) is 0 Å². The predicted octanol–water partition coefficient (Wildman–Crippen LogP) is 2.68. The zero-order valence-electron chi connectivity index (χ0n) is 10.1. The number of nitrogens with zero attached hydrogens (tertiary/aromatic N) is 2. The summed E-state index contributed by atoms with van der Waals surface area (Å²) in [7, 11) is 0. The Balaban J connectivity index is 2.57. The van der Waals surface area contributed by atoms with E-state index >= 15 is 0 Å². The van der Waals surface area contributed by atoms with E-state index in [9.17, 15) is 9.90 Å². The molecular formula is C13H16N2O2. The fraction of sp³-hybridized carbons (Fsp3) is 0.385. The van der Waals surface area contributed by atoms with Gasteiger partial charge in [0.2, 0.25) is 0 Å². The van der Waals surface area contributed by atoms with Crippen molar-refractivity contribution < 1.29 is 9.90 Å². The summed E-state index contributed by atoms with van der Waals surface area (Å²) in [6, 6.07) is 3.80. The maximum absolute atomic E-state index is 11.3. The van der Waals surface area contributed by atoms with Crippen molar-refractivity contribution in [3.05, 3.63) is 35.3 Å². The molecule has 0 aromatic carbocycles. The second-order valence-corrected chi connectivity index (χ2v) is 4.25. The fourth-order valence-corrected chi connectivity index (χ4v) is 1.94. The van der Waals surface area contributed by atoms with Crippen LogP contribution in [0.2, 0.25) is 0 Å². The normalized spacial score (nSPS) is 10.9. The first kappa shape index (κ1) is 11.6. The molecule has 0 fully saturated rings. The summed E-state index contributed by atoms with van der Waals surface area (Å²) in [5.74, 6) is -0.910. The molecule has 0 bridgehead atoms. The van der Waals surface area contributed by atoms with Crippen LogP contribution in [0.15, 0.2) is 18.3 Å². The molecule has 2 rings (SSSR count). The van der Waals surface area contributed by atoms with Gasteiger partial charge < -0.3 is 5.11 Å². The molecule has 0 aliphatic carbocycles. The van der Waals surface area contributed by atoms with Gasteiger partial charge in [0, 0.05) is 6.20 Å². The molecule has 4 heteroatoms. The highest BCUT2D eigenvalue weighted by Gasteiger charge is 2.17. The van der Waals surface area contributed by atoms with Crippen LogP contribution in [0.1, 0.15) is 41.5 Å². The standard InChI is InChI=1S/C13H16N2O2/c1-3-4-5-10-12(13(16)17)15-7-6-9(2)8-11(15)14-10/h6-8H,3-5H2,1-2H3,(H,16,17). The lowest BCUT2D eigenvalue weighted by molar-refractivity contribution is 0.0688. The maximum atomic E-state index is 11.3. The number of unbranched alkanes of at least 4 members (excludes halogenated alkanes) is 1. The molecule has 0 amide bonds. The molecule has 0 unspecified atom stereocenters. The van der Waals surface area contributed by atoms with E-state index in [1.807, 2.05) is 19.1 Å². The van der Waals surface area contributed by atoms with Crippen LogP contribution in [-0.4, -0.2) is 20.5 Å². The number of aryl methyl sites for hydroxylation is 2. The minimum Gasteiger partial charge on any atom is -0.477 e. The van der Waals surface area contributed by atoms with Gasteiger partial charge in [0.1, 0.15) is 5.65 Å². The summed E-state index contributed by atoms with van der Waals surface area (Å²) in [5.41, 5.74) is 2.79. The molecule has 0 aliphatic heterocycles. The van der Waals surface area contributed by atoms with E-state index in [1.54, 1.807) is 10.6 Å². The van der Waals surface area contributed by atoms with Crippen molar-refractivity contribution in [2.45, 2.75) is 33.1 Å². The highest BCUT2D eigenvalue weighted by molar-refractivity contribution is 5.88. The minimum atomic E-state index is -0.910. The van der Waals surface area contributed by atoms with E-state index < -0.39 is 5.97 Å². The van der Waals surface area contributed by atoms with E-state index in [4.69, 9.17) is 0 Å². The molecule has 90 valence electrons. The van der Waals surface area contributed by atoms with Gasteiger partial charge in [-0.1, -0.05) is 13.3 Å². The van der Waals surface area contributed by atoms with Crippen molar-refractivity contribution in [1.29, 1.82) is 0 Å². The first-order valence-corrected chi connectivity index (χ1v) is 5.84. The molecular weight excluding hydrogens is 216 g/mol. The van der Waals surface area contributed by atoms with Gasteiger partial charge in [-0.15, -0.1) is 0 Å². The number of fused-ring (bicyclic) bond motifs is 1. The number of carboxylic acid groups (broad SMARTS) is 1. The molecule has 1 N–H and O–H groups in total. The first-order valence-electron chi connectivity index (χ1n) is 5.84. The summed E-state index contributed by atoms with van der Waals surface area (Å²) in [6.07, 6.45) is 4.49. The average Bonchev–Trinajstić information content (AvgIpc) is 2.63. The van der Waals surface area contributed by atoms with Gasteiger partial charge in [-0.25, -0.2) is 9.78 Å². The van der Waals surface area contributed by atoms with E-state index in [1.165, 1.54) is 0 Å². The number of carboxylic acids is 1. The molecule has 2 aromatic rings. The summed E-state index contributed by atoms with van der Waals surface area (Å²) < 4.78 is 1.65. The SMILES string of the molecule is CCCCc1nc2cc(C)ccn2c1C(=O)O. The number of rotatable bonds is 4. The highest BCUT2D eigenvalue weighted by Crippen LogP contribution is 2.16. The van der Waals surface area contributed by atoms with Gasteiger partial charge in [0.25, 0.3) is 0 Å². The average molecular weight is 232 g/mol.